The molecule has 0 aliphatic heterocycles. The van der Waals surface area contributed by atoms with Crippen LogP contribution < -0.4 is 15.4 Å². The smallest absolute Gasteiger partial charge is 0.225 e. The topological polar surface area (TPSA) is 59.1 Å². The van der Waals surface area contributed by atoms with E-state index in [1.165, 1.54) is 12.1 Å². The molecule has 27 heavy (non-hydrogen) atoms. The van der Waals surface area contributed by atoms with Crippen LogP contribution >= 0.6 is 0 Å². The summed E-state index contributed by atoms with van der Waals surface area (Å²) in [6, 6.07) is 16.3. The molecule has 0 radical (unpaired) electrons. The standard InChI is InChI=1S/C21H23FN4O/c1-15-13-20(23-12-11-16-3-7-18(22)8-4-16)26-21(25-15)24-14-17-5-9-19(27-2)10-6-17/h3-10,13H,11-12,14H2,1-2H3,(H2,23,24,25,26). The summed E-state index contributed by atoms with van der Waals surface area (Å²) in [5, 5.41) is 6.55. The number of anilines is 2. The lowest BCUT2D eigenvalue weighted by Gasteiger charge is -2.10. The Morgan fingerprint density at radius 2 is 1.63 bits per heavy atom. The normalized spacial score (nSPS) is 10.5. The van der Waals surface area contributed by atoms with E-state index >= 15 is 0 Å². The number of ether oxygens (including phenoxy) is 1. The number of benzene rings is 2. The zero-order chi connectivity index (χ0) is 19.1. The minimum absolute atomic E-state index is 0.217. The van der Waals surface area contributed by atoms with Gasteiger partial charge in [0.05, 0.1) is 7.11 Å². The third kappa shape index (κ3) is 5.67. The van der Waals surface area contributed by atoms with Gasteiger partial charge in [0, 0.05) is 24.8 Å². The van der Waals surface area contributed by atoms with E-state index in [1.54, 1.807) is 19.2 Å². The number of nitrogens with zero attached hydrogens (tertiary/aromatic N) is 2. The molecule has 2 N–H and O–H groups in total. The maximum atomic E-state index is 13.0. The highest BCUT2D eigenvalue weighted by molar-refractivity contribution is 5.43. The number of aryl methyl sites for hydroxylation is 1. The van der Waals surface area contributed by atoms with Crippen molar-refractivity contribution in [1.29, 1.82) is 0 Å². The summed E-state index contributed by atoms with van der Waals surface area (Å²) in [6.45, 7) is 3.27. The van der Waals surface area contributed by atoms with E-state index in [4.69, 9.17) is 4.74 Å². The Bertz CT molecular complexity index is 866. The Kier molecular flexibility index (Phi) is 6.20. The van der Waals surface area contributed by atoms with Crippen molar-refractivity contribution in [2.45, 2.75) is 19.9 Å². The first-order valence-corrected chi connectivity index (χ1v) is 8.83. The van der Waals surface area contributed by atoms with Gasteiger partial charge in [0.1, 0.15) is 17.4 Å². The van der Waals surface area contributed by atoms with Crippen molar-refractivity contribution >= 4 is 11.8 Å². The van der Waals surface area contributed by atoms with Crippen LogP contribution in [0.15, 0.2) is 54.6 Å². The number of nitrogens with one attached hydrogen (secondary N) is 2. The van der Waals surface area contributed by atoms with Crippen molar-refractivity contribution in [3.05, 3.63) is 77.2 Å². The number of methoxy groups -OCH3 is 1. The molecule has 0 saturated heterocycles. The van der Waals surface area contributed by atoms with Gasteiger partial charge in [-0.15, -0.1) is 0 Å². The van der Waals surface area contributed by atoms with Crippen LogP contribution in [0.2, 0.25) is 0 Å². The first-order chi connectivity index (χ1) is 13.1. The molecule has 5 nitrogen and oxygen atoms in total. The highest BCUT2D eigenvalue weighted by atomic mass is 19.1. The van der Waals surface area contributed by atoms with E-state index in [2.05, 4.69) is 20.6 Å². The van der Waals surface area contributed by atoms with Gasteiger partial charge < -0.3 is 15.4 Å². The first kappa shape index (κ1) is 18.6. The molecule has 0 bridgehead atoms. The van der Waals surface area contributed by atoms with Gasteiger partial charge in [-0.2, -0.15) is 4.98 Å². The number of halogens is 1. The van der Waals surface area contributed by atoms with Gasteiger partial charge in [-0.1, -0.05) is 24.3 Å². The fourth-order valence-electron chi connectivity index (χ4n) is 2.65. The number of aromatic nitrogens is 2. The second kappa shape index (κ2) is 8.98. The largest absolute Gasteiger partial charge is 0.497 e. The van der Waals surface area contributed by atoms with E-state index in [-0.39, 0.29) is 5.82 Å². The lowest BCUT2D eigenvalue weighted by Crippen LogP contribution is -2.10. The second-order valence-electron chi connectivity index (χ2n) is 6.22. The molecule has 1 aromatic heterocycles. The molecule has 3 rings (SSSR count). The SMILES string of the molecule is COc1ccc(CNc2nc(C)cc(NCCc3ccc(F)cc3)n2)cc1. The number of rotatable bonds is 8. The van der Waals surface area contributed by atoms with Crippen molar-refractivity contribution in [2.75, 3.05) is 24.3 Å². The average molecular weight is 366 g/mol. The highest BCUT2D eigenvalue weighted by Crippen LogP contribution is 2.14. The van der Waals surface area contributed by atoms with Crippen LogP contribution in [0.3, 0.4) is 0 Å². The first-order valence-electron chi connectivity index (χ1n) is 8.83. The van der Waals surface area contributed by atoms with Crippen LogP contribution in [0.1, 0.15) is 16.8 Å². The fraction of sp³-hybridized carbons (Fsp3) is 0.238. The van der Waals surface area contributed by atoms with Crippen molar-refractivity contribution in [2.24, 2.45) is 0 Å². The lowest BCUT2D eigenvalue weighted by atomic mass is 10.1. The summed E-state index contributed by atoms with van der Waals surface area (Å²) < 4.78 is 18.1. The molecule has 3 aromatic rings. The van der Waals surface area contributed by atoms with Crippen molar-refractivity contribution < 1.29 is 9.13 Å². The van der Waals surface area contributed by atoms with Crippen molar-refractivity contribution in [1.82, 2.24) is 9.97 Å². The van der Waals surface area contributed by atoms with Gasteiger partial charge in [0.2, 0.25) is 5.95 Å². The van der Waals surface area contributed by atoms with E-state index in [0.29, 0.717) is 19.0 Å². The fourth-order valence-corrected chi connectivity index (χ4v) is 2.65. The molecule has 0 fully saturated rings. The summed E-state index contributed by atoms with van der Waals surface area (Å²) in [4.78, 5) is 8.94. The molecule has 0 saturated carbocycles. The molecule has 140 valence electrons. The second-order valence-corrected chi connectivity index (χ2v) is 6.22. The summed E-state index contributed by atoms with van der Waals surface area (Å²) in [6.07, 6.45) is 0.790. The minimum Gasteiger partial charge on any atom is -0.497 e. The maximum absolute atomic E-state index is 13.0. The van der Waals surface area contributed by atoms with Gasteiger partial charge in [0.25, 0.3) is 0 Å². The average Bonchev–Trinajstić information content (AvgIpc) is 2.68. The zero-order valence-corrected chi connectivity index (χ0v) is 15.5. The van der Waals surface area contributed by atoms with E-state index < -0.39 is 0 Å². The van der Waals surface area contributed by atoms with Gasteiger partial charge in [0.15, 0.2) is 0 Å². The Labute approximate surface area is 158 Å². The molecule has 0 unspecified atom stereocenters. The van der Waals surface area contributed by atoms with Crippen molar-refractivity contribution in [3.8, 4) is 5.75 Å². The predicted molar refractivity (Wildman–Crippen MR) is 106 cm³/mol. The molecule has 0 atom stereocenters. The monoisotopic (exact) mass is 366 g/mol. The van der Waals surface area contributed by atoms with Gasteiger partial charge >= 0.3 is 0 Å². The van der Waals surface area contributed by atoms with Gasteiger partial charge in [-0.25, -0.2) is 9.37 Å². The van der Waals surface area contributed by atoms with Crippen LogP contribution in [0.25, 0.3) is 0 Å². The third-order valence-electron chi connectivity index (χ3n) is 4.10. The van der Waals surface area contributed by atoms with Crippen LogP contribution in [-0.2, 0) is 13.0 Å². The molecule has 0 aliphatic rings. The van der Waals surface area contributed by atoms with Crippen LogP contribution in [0.4, 0.5) is 16.2 Å². The Morgan fingerprint density at radius 3 is 2.33 bits per heavy atom. The molecule has 2 aromatic carbocycles. The number of hydrogen-bond donors (Lipinski definition) is 2. The van der Waals surface area contributed by atoms with Crippen LogP contribution in [0, 0.1) is 12.7 Å². The molecule has 0 aliphatic carbocycles. The van der Waals surface area contributed by atoms with Crippen LogP contribution in [0.5, 0.6) is 5.75 Å². The summed E-state index contributed by atoms with van der Waals surface area (Å²) in [5.74, 6) is 1.96. The van der Waals surface area contributed by atoms with Crippen molar-refractivity contribution in [3.63, 3.8) is 0 Å². The van der Waals surface area contributed by atoms with Crippen LogP contribution in [-0.4, -0.2) is 23.6 Å². The summed E-state index contributed by atoms with van der Waals surface area (Å²) in [5.41, 5.74) is 3.07. The maximum Gasteiger partial charge on any atom is 0.225 e. The molecular weight excluding hydrogens is 343 g/mol. The van der Waals surface area contributed by atoms with E-state index in [0.717, 1.165) is 34.8 Å². The summed E-state index contributed by atoms with van der Waals surface area (Å²) >= 11 is 0. The predicted octanol–water partition coefficient (Wildman–Crippen LogP) is 4.20. The van der Waals surface area contributed by atoms with Gasteiger partial charge in [-0.3, -0.25) is 0 Å². The molecular formula is C21H23FN4O. The van der Waals surface area contributed by atoms with E-state index in [1.807, 2.05) is 37.3 Å². The number of hydrogen-bond acceptors (Lipinski definition) is 5. The van der Waals surface area contributed by atoms with Gasteiger partial charge in [-0.05, 0) is 48.7 Å². The Hall–Kier alpha value is -3.15. The lowest BCUT2D eigenvalue weighted by molar-refractivity contribution is 0.414. The Balaban J connectivity index is 1.55. The Morgan fingerprint density at radius 1 is 0.926 bits per heavy atom. The minimum atomic E-state index is -0.217. The quantitative estimate of drug-likeness (QED) is 0.626. The summed E-state index contributed by atoms with van der Waals surface area (Å²) in [7, 11) is 1.65. The molecule has 0 spiro atoms. The molecule has 6 heteroatoms. The molecule has 0 amide bonds. The zero-order valence-electron chi connectivity index (χ0n) is 15.5. The highest BCUT2D eigenvalue weighted by Gasteiger charge is 2.03. The van der Waals surface area contributed by atoms with E-state index in [9.17, 15) is 4.39 Å². The molecule has 1 heterocycles. The third-order valence-corrected chi connectivity index (χ3v) is 4.10.